The Morgan fingerprint density at radius 3 is 2.59 bits per heavy atom. The van der Waals surface area contributed by atoms with Crippen molar-refractivity contribution in [3.05, 3.63) is 89.7 Å². The lowest BCUT2D eigenvalue weighted by atomic mass is 10.3. The summed E-state index contributed by atoms with van der Waals surface area (Å²) in [5, 5.41) is 4.20. The Balaban J connectivity index is 1.84. The van der Waals surface area contributed by atoms with Crippen LogP contribution in [0.3, 0.4) is 0 Å². The third kappa shape index (κ3) is 5.40. The molecule has 0 fully saturated rings. The van der Waals surface area contributed by atoms with Gasteiger partial charge in [0.2, 0.25) is 0 Å². The average molecular weight is 429 g/mol. The summed E-state index contributed by atoms with van der Waals surface area (Å²) in [5.74, 6) is -0.607. The van der Waals surface area contributed by atoms with Crippen LogP contribution in [0, 0.1) is 0 Å². The fourth-order valence-corrected chi connectivity index (χ4v) is 4.08. The summed E-state index contributed by atoms with van der Waals surface area (Å²) in [7, 11) is -3.99. The van der Waals surface area contributed by atoms with Gasteiger partial charge in [0, 0.05) is 23.0 Å². The number of amides is 1. The Morgan fingerprint density at radius 1 is 1.10 bits per heavy atom. The van der Waals surface area contributed by atoms with Gasteiger partial charge in [-0.2, -0.15) is 5.10 Å². The lowest BCUT2D eigenvalue weighted by Gasteiger charge is -2.23. The highest BCUT2D eigenvalue weighted by atomic mass is 35.5. The number of rotatable bonds is 7. The van der Waals surface area contributed by atoms with Gasteiger partial charge in [-0.3, -0.25) is 14.1 Å². The van der Waals surface area contributed by atoms with Gasteiger partial charge in [-0.15, -0.1) is 0 Å². The molecule has 0 atom stereocenters. The molecule has 0 unspecified atom stereocenters. The molecular weight excluding hydrogens is 412 g/mol. The van der Waals surface area contributed by atoms with E-state index < -0.39 is 22.5 Å². The second kappa shape index (κ2) is 9.31. The van der Waals surface area contributed by atoms with Gasteiger partial charge in [0.15, 0.2) is 0 Å². The Kier molecular flexibility index (Phi) is 6.58. The minimum atomic E-state index is -3.99. The predicted molar refractivity (Wildman–Crippen MR) is 112 cm³/mol. The van der Waals surface area contributed by atoms with E-state index in [0.717, 1.165) is 4.31 Å². The fourth-order valence-electron chi connectivity index (χ4n) is 2.46. The van der Waals surface area contributed by atoms with Gasteiger partial charge in [0.1, 0.15) is 6.54 Å². The van der Waals surface area contributed by atoms with Crippen molar-refractivity contribution in [2.45, 2.75) is 4.90 Å². The van der Waals surface area contributed by atoms with Crippen molar-refractivity contribution in [3.8, 4) is 0 Å². The fraction of sp³-hybridized carbons (Fsp3) is 0.0500. The number of hydrazone groups is 1. The van der Waals surface area contributed by atoms with E-state index in [1.165, 1.54) is 24.4 Å². The normalized spacial score (nSPS) is 11.3. The number of benzene rings is 2. The van der Waals surface area contributed by atoms with Crippen LogP contribution in [0.2, 0.25) is 5.02 Å². The van der Waals surface area contributed by atoms with Crippen LogP contribution in [0.5, 0.6) is 0 Å². The summed E-state index contributed by atoms with van der Waals surface area (Å²) in [6, 6.07) is 17.6. The number of carbonyl (C=O) groups is 1. The number of pyridine rings is 1. The number of carbonyl (C=O) groups excluding carboxylic acids is 1. The minimum absolute atomic E-state index is 0.0617. The Labute approximate surface area is 173 Å². The molecule has 0 radical (unpaired) electrons. The van der Waals surface area contributed by atoms with Crippen molar-refractivity contribution in [1.29, 1.82) is 0 Å². The molecule has 1 amide bonds. The van der Waals surface area contributed by atoms with E-state index in [-0.39, 0.29) is 10.6 Å². The molecule has 29 heavy (non-hydrogen) atoms. The molecule has 3 rings (SSSR count). The van der Waals surface area contributed by atoms with Crippen molar-refractivity contribution in [2.75, 3.05) is 10.8 Å². The molecule has 0 saturated carbocycles. The third-order valence-electron chi connectivity index (χ3n) is 3.80. The van der Waals surface area contributed by atoms with Crippen LogP contribution < -0.4 is 9.73 Å². The van der Waals surface area contributed by atoms with Crippen LogP contribution in [0.15, 0.2) is 89.1 Å². The molecule has 1 heterocycles. The Hall–Kier alpha value is -3.23. The van der Waals surface area contributed by atoms with Gasteiger partial charge in [0.05, 0.1) is 16.8 Å². The van der Waals surface area contributed by atoms with Crippen LogP contribution >= 0.6 is 11.6 Å². The lowest BCUT2D eigenvalue weighted by Crippen LogP contribution is -2.39. The molecule has 0 aliphatic carbocycles. The summed E-state index contributed by atoms with van der Waals surface area (Å²) in [5.41, 5.74) is 3.30. The van der Waals surface area contributed by atoms with Crippen LogP contribution in [0.1, 0.15) is 5.56 Å². The van der Waals surface area contributed by atoms with Crippen molar-refractivity contribution in [3.63, 3.8) is 0 Å². The zero-order valence-electron chi connectivity index (χ0n) is 15.1. The number of nitrogens with zero attached hydrogens (tertiary/aromatic N) is 3. The SMILES string of the molecule is O=C(CN(c1cccc(Cl)c1)S(=O)(=O)c1ccccc1)NN=Cc1cccnc1. The highest BCUT2D eigenvalue weighted by molar-refractivity contribution is 7.92. The van der Waals surface area contributed by atoms with E-state index in [0.29, 0.717) is 10.6 Å². The van der Waals surface area contributed by atoms with E-state index in [9.17, 15) is 13.2 Å². The minimum Gasteiger partial charge on any atom is -0.271 e. The van der Waals surface area contributed by atoms with Gasteiger partial charge in [-0.1, -0.05) is 41.9 Å². The second-order valence-electron chi connectivity index (χ2n) is 5.88. The number of hydrogen-bond donors (Lipinski definition) is 1. The summed E-state index contributed by atoms with van der Waals surface area (Å²) < 4.78 is 27.3. The summed E-state index contributed by atoms with van der Waals surface area (Å²) in [6.45, 7) is -0.470. The standard InChI is InChI=1S/C20H17ClN4O3S/c21-17-7-4-8-18(12-17)25(29(27,28)19-9-2-1-3-10-19)15-20(26)24-23-14-16-6-5-11-22-13-16/h1-14H,15H2,(H,24,26). The average Bonchev–Trinajstić information content (AvgIpc) is 2.73. The van der Waals surface area contributed by atoms with Crippen molar-refractivity contribution < 1.29 is 13.2 Å². The number of nitrogens with one attached hydrogen (secondary N) is 1. The molecule has 1 aromatic heterocycles. The molecule has 3 aromatic rings. The van der Waals surface area contributed by atoms with E-state index in [4.69, 9.17) is 11.6 Å². The molecule has 0 aliphatic heterocycles. The molecular formula is C20H17ClN4O3S. The molecule has 7 nitrogen and oxygen atoms in total. The number of anilines is 1. The first-order valence-corrected chi connectivity index (χ1v) is 10.3. The van der Waals surface area contributed by atoms with Crippen LogP contribution in [-0.2, 0) is 14.8 Å². The first kappa shape index (κ1) is 20.5. The molecule has 0 saturated heterocycles. The molecule has 0 spiro atoms. The number of sulfonamides is 1. The van der Waals surface area contributed by atoms with Gasteiger partial charge < -0.3 is 0 Å². The maximum atomic E-state index is 13.1. The monoisotopic (exact) mass is 428 g/mol. The van der Waals surface area contributed by atoms with Crippen molar-refractivity contribution in [2.24, 2.45) is 5.10 Å². The van der Waals surface area contributed by atoms with Crippen LogP contribution in [0.25, 0.3) is 0 Å². The predicted octanol–water partition coefficient (Wildman–Crippen LogP) is 3.08. The highest BCUT2D eigenvalue weighted by Crippen LogP contribution is 2.25. The molecule has 9 heteroatoms. The molecule has 1 N–H and O–H groups in total. The Morgan fingerprint density at radius 2 is 1.90 bits per heavy atom. The summed E-state index contributed by atoms with van der Waals surface area (Å²) in [6.07, 6.45) is 4.61. The van der Waals surface area contributed by atoms with Crippen LogP contribution in [-0.4, -0.2) is 32.1 Å². The number of hydrogen-bond acceptors (Lipinski definition) is 5. The van der Waals surface area contributed by atoms with Crippen molar-refractivity contribution >= 4 is 39.4 Å². The first-order chi connectivity index (χ1) is 14.0. The van der Waals surface area contributed by atoms with Gasteiger partial charge in [0.25, 0.3) is 15.9 Å². The van der Waals surface area contributed by atoms with E-state index in [1.54, 1.807) is 60.9 Å². The van der Waals surface area contributed by atoms with Gasteiger partial charge in [-0.25, -0.2) is 13.8 Å². The van der Waals surface area contributed by atoms with Crippen LogP contribution in [0.4, 0.5) is 5.69 Å². The van der Waals surface area contributed by atoms with E-state index in [2.05, 4.69) is 15.5 Å². The number of halogens is 1. The zero-order valence-corrected chi connectivity index (χ0v) is 16.7. The first-order valence-electron chi connectivity index (χ1n) is 8.52. The van der Waals surface area contributed by atoms with Crippen molar-refractivity contribution in [1.82, 2.24) is 10.4 Å². The maximum absolute atomic E-state index is 13.1. The smallest absolute Gasteiger partial charge is 0.264 e. The zero-order chi connectivity index (χ0) is 20.7. The largest absolute Gasteiger partial charge is 0.271 e. The maximum Gasteiger partial charge on any atom is 0.264 e. The lowest BCUT2D eigenvalue weighted by molar-refractivity contribution is -0.119. The molecule has 148 valence electrons. The van der Waals surface area contributed by atoms with E-state index in [1.807, 2.05) is 0 Å². The molecule has 0 bridgehead atoms. The summed E-state index contributed by atoms with van der Waals surface area (Å²) >= 11 is 6.02. The topological polar surface area (TPSA) is 91.7 Å². The quantitative estimate of drug-likeness (QED) is 0.462. The molecule has 2 aromatic carbocycles. The molecule has 0 aliphatic rings. The third-order valence-corrected chi connectivity index (χ3v) is 5.83. The summed E-state index contributed by atoms with van der Waals surface area (Å²) in [4.78, 5) is 16.4. The second-order valence-corrected chi connectivity index (χ2v) is 8.18. The van der Waals surface area contributed by atoms with Gasteiger partial charge >= 0.3 is 0 Å². The number of aromatic nitrogens is 1. The van der Waals surface area contributed by atoms with E-state index >= 15 is 0 Å². The Bertz CT molecular complexity index is 1110. The van der Waals surface area contributed by atoms with Gasteiger partial charge in [-0.05, 0) is 36.4 Å². The highest BCUT2D eigenvalue weighted by Gasteiger charge is 2.27.